The summed E-state index contributed by atoms with van der Waals surface area (Å²) in [6.07, 6.45) is 4.21. The van der Waals surface area contributed by atoms with Crippen molar-refractivity contribution in [1.82, 2.24) is 10.6 Å². The summed E-state index contributed by atoms with van der Waals surface area (Å²) < 4.78 is 34.1. The molecule has 45 heavy (non-hydrogen) atoms. The van der Waals surface area contributed by atoms with Crippen LogP contribution in [0.1, 0.15) is 57.8 Å². The molecule has 0 bridgehead atoms. The van der Waals surface area contributed by atoms with Gasteiger partial charge in [-0.1, -0.05) is 67.2 Å². The lowest BCUT2D eigenvalue weighted by atomic mass is 10.1. The fourth-order valence-corrected chi connectivity index (χ4v) is 5.55. The molecule has 1 unspecified atom stereocenters. The topological polar surface area (TPSA) is 114 Å². The van der Waals surface area contributed by atoms with Gasteiger partial charge >= 0.3 is 0 Å². The summed E-state index contributed by atoms with van der Waals surface area (Å²) in [5.41, 5.74) is 0.492. The lowest BCUT2D eigenvalue weighted by Crippen LogP contribution is -2.33. The van der Waals surface area contributed by atoms with E-state index in [4.69, 9.17) is 28.4 Å². The van der Waals surface area contributed by atoms with Crippen molar-refractivity contribution >= 4 is 33.4 Å². The van der Waals surface area contributed by atoms with E-state index in [9.17, 15) is 9.59 Å². The van der Waals surface area contributed by atoms with Gasteiger partial charge in [-0.3, -0.25) is 9.59 Å². The zero-order chi connectivity index (χ0) is 33.2. The maximum absolute atomic E-state index is 12.6. The normalized spacial score (nSPS) is 12.4. The van der Waals surface area contributed by atoms with E-state index in [1.54, 1.807) is 35.1 Å². The molecular formula is C33H54N2O8S2. The Hall–Kier alpha value is -1.98. The summed E-state index contributed by atoms with van der Waals surface area (Å²) in [4.78, 5) is 23.8. The van der Waals surface area contributed by atoms with Crippen LogP contribution in [0.25, 0.3) is 0 Å². The molecule has 0 aliphatic rings. The summed E-state index contributed by atoms with van der Waals surface area (Å²) in [5, 5.41) is 5.56. The van der Waals surface area contributed by atoms with Crippen LogP contribution in [0.5, 0.6) is 5.75 Å². The molecule has 12 heteroatoms. The second-order valence-electron chi connectivity index (χ2n) is 11.0. The fraction of sp³-hybridized carbons (Fsp3) is 0.697. The van der Waals surface area contributed by atoms with E-state index in [1.807, 2.05) is 27.0 Å². The second-order valence-corrected chi connectivity index (χ2v) is 13.8. The summed E-state index contributed by atoms with van der Waals surface area (Å²) in [6, 6.07) is 7.01. The van der Waals surface area contributed by atoms with Crippen LogP contribution in [-0.2, 0) is 28.5 Å². The Morgan fingerprint density at radius 2 is 1.60 bits per heavy atom. The van der Waals surface area contributed by atoms with Crippen LogP contribution in [-0.4, -0.2) is 102 Å². The third-order valence-electron chi connectivity index (χ3n) is 5.84. The molecule has 0 radical (unpaired) electrons. The molecule has 2 N–H and O–H groups in total. The Morgan fingerprint density at radius 1 is 0.911 bits per heavy atom. The summed E-state index contributed by atoms with van der Waals surface area (Å²) in [6.45, 7) is 15.0. The van der Waals surface area contributed by atoms with E-state index >= 15 is 0 Å². The molecule has 10 nitrogen and oxygen atoms in total. The molecule has 0 fully saturated rings. The number of carbonyl (C=O) groups is 2. The SMILES string of the molecule is CSSC(C)(COc1cccc(C(=O)NCCOCCOCCOCCCC(C)C)c1)OCCOCC(=O)NCC#CC(C)C. The average Bonchev–Trinajstić information content (AvgIpc) is 3.00. The van der Waals surface area contributed by atoms with Crippen molar-refractivity contribution in [2.24, 2.45) is 11.8 Å². The number of hydrogen-bond acceptors (Lipinski definition) is 10. The minimum absolute atomic E-state index is 0.0559. The van der Waals surface area contributed by atoms with Gasteiger partial charge in [0, 0.05) is 24.6 Å². The first-order valence-corrected chi connectivity index (χ1v) is 18.1. The molecule has 0 saturated heterocycles. The molecule has 1 aromatic carbocycles. The molecule has 0 aromatic heterocycles. The molecule has 0 saturated carbocycles. The minimum atomic E-state index is -0.669. The molecule has 0 spiro atoms. The van der Waals surface area contributed by atoms with Crippen LogP contribution in [0, 0.1) is 23.7 Å². The van der Waals surface area contributed by atoms with Gasteiger partial charge in [0.1, 0.15) is 19.0 Å². The lowest BCUT2D eigenvalue weighted by molar-refractivity contribution is -0.126. The summed E-state index contributed by atoms with van der Waals surface area (Å²) >= 11 is 0. The Bertz CT molecular complexity index is 1000. The largest absolute Gasteiger partial charge is 0.490 e. The number of benzene rings is 1. The van der Waals surface area contributed by atoms with Crippen LogP contribution < -0.4 is 15.4 Å². The van der Waals surface area contributed by atoms with Crippen molar-refractivity contribution in [2.75, 3.05) is 85.4 Å². The van der Waals surface area contributed by atoms with Crippen LogP contribution in [0.3, 0.4) is 0 Å². The average molecular weight is 671 g/mol. The quantitative estimate of drug-likeness (QED) is 0.0616. The predicted octanol–water partition coefficient (Wildman–Crippen LogP) is 4.82. The summed E-state index contributed by atoms with van der Waals surface area (Å²) in [7, 11) is 3.09. The second kappa shape index (κ2) is 26.1. The molecular weight excluding hydrogens is 617 g/mol. The molecule has 2 amide bonds. The highest BCUT2D eigenvalue weighted by atomic mass is 33.1. The standard InChI is InChI=1S/C33H54N2O8S2/c1-27(2)10-8-14-34-31(36)25-41-22-23-43-33(5,45-44-6)26-42-30-13-7-12-29(24-30)32(37)35-15-17-39-19-21-40-20-18-38-16-9-11-28(3)4/h7,12-13,24,27-28H,9,11,14-23,25-26H2,1-6H3,(H,34,36)(H,35,37). The number of rotatable bonds is 26. The van der Waals surface area contributed by atoms with Gasteiger partial charge in [-0.15, -0.1) is 0 Å². The number of carbonyl (C=O) groups excluding carboxylic acids is 2. The van der Waals surface area contributed by atoms with E-state index in [1.165, 1.54) is 17.2 Å². The van der Waals surface area contributed by atoms with E-state index in [0.29, 0.717) is 63.4 Å². The molecule has 0 aliphatic carbocycles. The highest BCUT2D eigenvalue weighted by molar-refractivity contribution is 8.76. The molecule has 1 rings (SSSR count). The highest BCUT2D eigenvalue weighted by Gasteiger charge is 2.27. The zero-order valence-electron chi connectivity index (χ0n) is 27.9. The number of amides is 2. The van der Waals surface area contributed by atoms with Crippen molar-refractivity contribution in [3.8, 4) is 17.6 Å². The third-order valence-corrected chi connectivity index (χ3v) is 8.15. The van der Waals surface area contributed by atoms with E-state index in [2.05, 4.69) is 36.3 Å². The van der Waals surface area contributed by atoms with Crippen LogP contribution in [0.4, 0.5) is 0 Å². The first kappa shape index (κ1) is 41.0. The molecule has 256 valence electrons. The molecule has 1 atom stereocenters. The number of ether oxygens (including phenoxy) is 6. The zero-order valence-corrected chi connectivity index (χ0v) is 29.6. The fourth-order valence-electron chi connectivity index (χ4n) is 3.61. The smallest absolute Gasteiger partial charge is 0.251 e. The van der Waals surface area contributed by atoms with Gasteiger partial charge in [-0.2, -0.15) is 0 Å². The first-order valence-electron chi connectivity index (χ1n) is 15.6. The van der Waals surface area contributed by atoms with Gasteiger partial charge < -0.3 is 39.1 Å². The van der Waals surface area contributed by atoms with E-state index in [0.717, 1.165) is 13.0 Å². The third kappa shape index (κ3) is 23.1. The lowest BCUT2D eigenvalue weighted by Gasteiger charge is -2.28. The van der Waals surface area contributed by atoms with Gasteiger partial charge in [-0.05, 0) is 50.1 Å². The van der Waals surface area contributed by atoms with Gasteiger partial charge in [-0.25, -0.2) is 0 Å². The van der Waals surface area contributed by atoms with E-state index in [-0.39, 0.29) is 44.2 Å². The monoisotopic (exact) mass is 670 g/mol. The first-order chi connectivity index (χ1) is 21.6. The summed E-state index contributed by atoms with van der Waals surface area (Å²) in [5.74, 6) is 7.00. The van der Waals surface area contributed by atoms with Crippen LogP contribution >= 0.6 is 21.6 Å². The van der Waals surface area contributed by atoms with Crippen molar-refractivity contribution in [2.45, 2.75) is 52.4 Å². The van der Waals surface area contributed by atoms with Crippen molar-refractivity contribution in [3.05, 3.63) is 29.8 Å². The predicted molar refractivity (Wildman–Crippen MR) is 183 cm³/mol. The molecule has 0 aliphatic heterocycles. The van der Waals surface area contributed by atoms with Crippen LogP contribution in [0.2, 0.25) is 0 Å². The van der Waals surface area contributed by atoms with Gasteiger partial charge in [0.15, 0.2) is 4.93 Å². The number of hydrogen-bond donors (Lipinski definition) is 2. The molecule has 0 heterocycles. The van der Waals surface area contributed by atoms with Crippen molar-refractivity contribution in [3.63, 3.8) is 0 Å². The van der Waals surface area contributed by atoms with E-state index < -0.39 is 4.93 Å². The Balaban J connectivity index is 2.26. The maximum Gasteiger partial charge on any atom is 0.251 e. The minimum Gasteiger partial charge on any atom is -0.490 e. The van der Waals surface area contributed by atoms with Gasteiger partial charge in [0.05, 0.1) is 52.8 Å². The van der Waals surface area contributed by atoms with Crippen molar-refractivity contribution in [1.29, 1.82) is 0 Å². The van der Waals surface area contributed by atoms with Gasteiger partial charge in [0.2, 0.25) is 5.91 Å². The van der Waals surface area contributed by atoms with Crippen LogP contribution in [0.15, 0.2) is 24.3 Å². The Morgan fingerprint density at radius 3 is 2.29 bits per heavy atom. The number of nitrogens with one attached hydrogen (secondary N) is 2. The Labute approximate surface area is 278 Å². The van der Waals surface area contributed by atoms with Gasteiger partial charge in [0.25, 0.3) is 5.91 Å². The maximum atomic E-state index is 12.6. The Kier molecular flexibility index (Phi) is 23.8. The van der Waals surface area contributed by atoms with Crippen molar-refractivity contribution < 1.29 is 38.0 Å². The molecule has 1 aromatic rings. The highest BCUT2D eigenvalue weighted by Crippen LogP contribution is 2.35.